The molecule has 32 heavy (non-hydrogen) atoms. The molecule has 0 spiro atoms. The minimum atomic E-state index is -4.84. The Morgan fingerprint density at radius 2 is 2.03 bits per heavy atom. The minimum absolute atomic E-state index is 0.0456. The van der Waals surface area contributed by atoms with E-state index >= 15 is 0 Å². The number of aromatic nitrogens is 2. The summed E-state index contributed by atoms with van der Waals surface area (Å²) in [6.07, 6.45) is -6.10. The lowest BCUT2D eigenvalue weighted by Gasteiger charge is -2.34. The van der Waals surface area contributed by atoms with Crippen molar-refractivity contribution in [1.82, 2.24) is 14.7 Å². The topological polar surface area (TPSA) is 102 Å². The van der Waals surface area contributed by atoms with E-state index in [9.17, 15) is 27.2 Å². The number of piperidine rings is 1. The van der Waals surface area contributed by atoms with Crippen molar-refractivity contribution in [3.63, 3.8) is 0 Å². The number of primary amides is 1. The van der Waals surface area contributed by atoms with Crippen LogP contribution in [0.1, 0.15) is 29.3 Å². The van der Waals surface area contributed by atoms with E-state index in [1.807, 2.05) is 0 Å². The van der Waals surface area contributed by atoms with Gasteiger partial charge in [0.1, 0.15) is 11.9 Å². The zero-order valence-corrected chi connectivity index (χ0v) is 17.0. The standard InChI is InChI=1S/C20H21F4N5O3/c1-11(2)26-17-6-8-29(27-17)19(31)28-7-5-16(15(21)10-28)32-12-3-4-13(18(25)30)14(9-12)20(22,23)24/h3-4,6,8-9,15-16H,1,5,7,10H2,2H3,(H2,25,30)(H,26,27)/t15-,16+/m1/s1. The fourth-order valence-corrected chi connectivity index (χ4v) is 3.27. The number of allylic oxidation sites excluding steroid dienone is 1. The number of carbonyl (C=O) groups excluding carboxylic acids is 2. The molecule has 8 nitrogen and oxygen atoms in total. The zero-order chi connectivity index (χ0) is 23.6. The van der Waals surface area contributed by atoms with Crippen LogP contribution in [-0.4, -0.2) is 52.0 Å². The van der Waals surface area contributed by atoms with E-state index in [1.54, 1.807) is 13.0 Å². The molecule has 2 atom stereocenters. The maximum absolute atomic E-state index is 14.7. The Kier molecular flexibility index (Phi) is 6.42. The normalized spacial score (nSPS) is 18.8. The van der Waals surface area contributed by atoms with Crippen LogP contribution in [0.2, 0.25) is 0 Å². The number of rotatable bonds is 5. The molecule has 1 saturated heterocycles. The third-order valence-electron chi connectivity index (χ3n) is 4.73. The molecular weight excluding hydrogens is 434 g/mol. The van der Waals surface area contributed by atoms with Crippen molar-refractivity contribution in [1.29, 1.82) is 0 Å². The average Bonchev–Trinajstić information content (AvgIpc) is 3.15. The van der Waals surface area contributed by atoms with E-state index in [2.05, 4.69) is 17.0 Å². The Bertz CT molecular complexity index is 1040. The van der Waals surface area contributed by atoms with Crippen LogP contribution < -0.4 is 15.8 Å². The van der Waals surface area contributed by atoms with Gasteiger partial charge in [0, 0.05) is 30.9 Å². The first kappa shape index (κ1) is 23.1. The summed E-state index contributed by atoms with van der Waals surface area (Å²) in [5, 5.41) is 6.90. The van der Waals surface area contributed by atoms with Crippen LogP contribution in [0, 0.1) is 0 Å². The molecule has 0 aliphatic carbocycles. The van der Waals surface area contributed by atoms with E-state index < -0.39 is 41.5 Å². The van der Waals surface area contributed by atoms with E-state index in [1.165, 1.54) is 11.1 Å². The van der Waals surface area contributed by atoms with Gasteiger partial charge in [-0.3, -0.25) is 4.79 Å². The zero-order valence-electron chi connectivity index (χ0n) is 17.0. The molecule has 2 heterocycles. The number of hydrogen-bond acceptors (Lipinski definition) is 5. The van der Waals surface area contributed by atoms with Gasteiger partial charge in [0.2, 0.25) is 5.91 Å². The number of nitrogens with two attached hydrogens (primary N) is 1. The number of nitrogens with zero attached hydrogens (tertiary/aromatic N) is 3. The largest absolute Gasteiger partial charge is 0.487 e. The highest BCUT2D eigenvalue weighted by Gasteiger charge is 2.37. The van der Waals surface area contributed by atoms with Crippen molar-refractivity contribution in [3.8, 4) is 5.75 Å². The second-order valence-corrected chi connectivity index (χ2v) is 7.31. The predicted octanol–water partition coefficient (Wildman–Crippen LogP) is 3.41. The van der Waals surface area contributed by atoms with Gasteiger partial charge in [0.05, 0.1) is 17.7 Å². The monoisotopic (exact) mass is 455 g/mol. The van der Waals surface area contributed by atoms with Crippen molar-refractivity contribution in [2.24, 2.45) is 5.73 Å². The summed E-state index contributed by atoms with van der Waals surface area (Å²) in [6.45, 7) is 5.18. The van der Waals surface area contributed by atoms with Crippen LogP contribution in [0.25, 0.3) is 0 Å². The van der Waals surface area contributed by atoms with Crippen LogP contribution >= 0.6 is 0 Å². The van der Waals surface area contributed by atoms with Crippen molar-refractivity contribution in [2.75, 3.05) is 18.4 Å². The third-order valence-corrected chi connectivity index (χ3v) is 4.73. The number of anilines is 1. The van der Waals surface area contributed by atoms with Gasteiger partial charge >= 0.3 is 12.2 Å². The van der Waals surface area contributed by atoms with Crippen LogP contribution in [0.5, 0.6) is 5.75 Å². The number of benzene rings is 1. The number of nitrogens with one attached hydrogen (secondary N) is 1. The van der Waals surface area contributed by atoms with E-state index in [0.29, 0.717) is 17.6 Å². The van der Waals surface area contributed by atoms with Crippen LogP contribution in [0.4, 0.5) is 28.2 Å². The molecule has 1 aromatic carbocycles. The summed E-state index contributed by atoms with van der Waals surface area (Å²) >= 11 is 0. The molecule has 1 aliphatic heterocycles. The van der Waals surface area contributed by atoms with Gasteiger partial charge in [-0.25, -0.2) is 9.18 Å². The lowest BCUT2D eigenvalue weighted by molar-refractivity contribution is -0.138. The van der Waals surface area contributed by atoms with Gasteiger partial charge in [-0.1, -0.05) is 6.58 Å². The van der Waals surface area contributed by atoms with E-state index in [0.717, 1.165) is 16.8 Å². The highest BCUT2D eigenvalue weighted by atomic mass is 19.4. The number of likely N-dealkylation sites (tertiary alicyclic amines) is 1. The minimum Gasteiger partial charge on any atom is -0.487 e. The molecule has 0 radical (unpaired) electrons. The fraction of sp³-hybridized carbons (Fsp3) is 0.350. The van der Waals surface area contributed by atoms with Crippen LogP contribution in [-0.2, 0) is 6.18 Å². The smallest absolute Gasteiger partial charge is 0.417 e. The van der Waals surface area contributed by atoms with E-state index in [-0.39, 0.29) is 25.3 Å². The van der Waals surface area contributed by atoms with Crippen molar-refractivity contribution in [3.05, 3.63) is 53.9 Å². The molecule has 1 aromatic heterocycles. The summed E-state index contributed by atoms with van der Waals surface area (Å²) in [6, 6.07) is 3.64. The molecule has 3 N–H and O–H groups in total. The number of amides is 2. The highest BCUT2D eigenvalue weighted by molar-refractivity contribution is 5.94. The molecule has 3 rings (SSSR count). The van der Waals surface area contributed by atoms with Gasteiger partial charge in [0.25, 0.3) is 0 Å². The maximum atomic E-state index is 14.7. The molecule has 2 aromatic rings. The van der Waals surface area contributed by atoms with Gasteiger partial charge < -0.3 is 20.7 Å². The van der Waals surface area contributed by atoms with Gasteiger partial charge in [-0.05, 0) is 25.1 Å². The predicted molar refractivity (Wildman–Crippen MR) is 107 cm³/mol. The Morgan fingerprint density at radius 3 is 2.62 bits per heavy atom. The Labute approximate surface area is 180 Å². The number of halogens is 4. The molecule has 1 aliphatic rings. The number of hydrogen-bond donors (Lipinski definition) is 2. The molecule has 0 bridgehead atoms. The quantitative estimate of drug-likeness (QED) is 0.673. The second-order valence-electron chi connectivity index (χ2n) is 7.31. The molecule has 172 valence electrons. The highest BCUT2D eigenvalue weighted by Crippen LogP contribution is 2.35. The molecule has 2 amide bonds. The molecule has 0 saturated carbocycles. The number of ether oxygens (including phenoxy) is 1. The summed E-state index contributed by atoms with van der Waals surface area (Å²) < 4.78 is 60.8. The summed E-state index contributed by atoms with van der Waals surface area (Å²) in [7, 11) is 0. The first-order valence-electron chi connectivity index (χ1n) is 9.55. The first-order valence-corrected chi connectivity index (χ1v) is 9.55. The Morgan fingerprint density at radius 1 is 1.31 bits per heavy atom. The summed E-state index contributed by atoms with van der Waals surface area (Å²) in [4.78, 5) is 25.1. The van der Waals surface area contributed by atoms with Crippen molar-refractivity contribution < 1.29 is 31.9 Å². The maximum Gasteiger partial charge on any atom is 0.417 e. The Hall–Kier alpha value is -3.57. The molecule has 1 fully saturated rings. The molecular formula is C20H21F4N5O3. The first-order chi connectivity index (χ1) is 15.0. The van der Waals surface area contributed by atoms with Gasteiger partial charge in [-0.2, -0.15) is 17.9 Å². The Balaban J connectivity index is 1.67. The molecule has 0 unspecified atom stereocenters. The number of carbonyl (C=O) groups is 2. The van der Waals surface area contributed by atoms with Crippen molar-refractivity contribution in [2.45, 2.75) is 31.8 Å². The third kappa shape index (κ3) is 5.18. The fourth-order valence-electron chi connectivity index (χ4n) is 3.27. The van der Waals surface area contributed by atoms with E-state index in [4.69, 9.17) is 10.5 Å². The molecule has 12 heteroatoms. The summed E-state index contributed by atoms with van der Waals surface area (Å²) in [5.41, 5.74) is 3.65. The lowest BCUT2D eigenvalue weighted by atomic mass is 10.0. The van der Waals surface area contributed by atoms with Gasteiger partial charge in [0.15, 0.2) is 12.0 Å². The van der Waals surface area contributed by atoms with Crippen LogP contribution in [0.15, 0.2) is 42.7 Å². The van der Waals surface area contributed by atoms with Crippen LogP contribution in [0.3, 0.4) is 0 Å². The number of alkyl halides is 4. The SMILES string of the molecule is C=C(C)Nc1ccn(C(=O)N2CC[C@H](Oc3ccc(C(N)=O)c(C(F)(F)F)c3)[C@H](F)C2)n1. The van der Waals surface area contributed by atoms with Crippen molar-refractivity contribution >= 4 is 17.8 Å². The lowest BCUT2D eigenvalue weighted by Crippen LogP contribution is -2.50. The summed E-state index contributed by atoms with van der Waals surface area (Å²) in [5.74, 6) is -1.09. The second kappa shape index (κ2) is 8.89. The average molecular weight is 455 g/mol. The van der Waals surface area contributed by atoms with Gasteiger partial charge in [-0.15, -0.1) is 5.10 Å².